The number of carbonyl (C=O) groups is 2. The van der Waals surface area contributed by atoms with Gasteiger partial charge in [0.15, 0.2) is 0 Å². The van der Waals surface area contributed by atoms with E-state index in [0.717, 1.165) is 0 Å². The summed E-state index contributed by atoms with van der Waals surface area (Å²) in [7, 11) is 0. The molecule has 0 saturated carbocycles. The molecule has 0 saturated heterocycles. The second-order valence-corrected chi connectivity index (χ2v) is 3.85. The van der Waals surface area contributed by atoms with Crippen LogP contribution in [0, 0.1) is 0 Å². The van der Waals surface area contributed by atoms with E-state index in [1.807, 2.05) is 0 Å². The number of pyridine rings is 1. The number of amides is 1. The van der Waals surface area contributed by atoms with E-state index in [4.69, 9.17) is 4.74 Å². The van der Waals surface area contributed by atoms with E-state index < -0.39 is 11.9 Å². The number of imidazole rings is 1. The van der Waals surface area contributed by atoms with Crippen molar-refractivity contribution in [1.82, 2.24) is 15.0 Å². The van der Waals surface area contributed by atoms with E-state index in [2.05, 4.69) is 15.0 Å². The van der Waals surface area contributed by atoms with Crippen LogP contribution in [0.5, 0.6) is 0 Å². The number of carbonyl (C=O) groups excluding carboxylic acids is 2. The van der Waals surface area contributed by atoms with E-state index in [1.54, 1.807) is 31.3 Å². The third kappa shape index (κ3) is 3.19. The average Bonchev–Trinajstić information content (AvgIpc) is 2.99. The minimum absolute atomic E-state index is 0.206. The molecule has 7 heteroatoms. The van der Waals surface area contributed by atoms with Crippen molar-refractivity contribution >= 4 is 17.7 Å². The summed E-state index contributed by atoms with van der Waals surface area (Å²) in [4.78, 5) is 35.8. The minimum Gasteiger partial charge on any atom is -0.465 e. The molecular formula is C13H14N4O3. The summed E-state index contributed by atoms with van der Waals surface area (Å²) < 4.78 is 4.87. The molecule has 0 atom stereocenters. The van der Waals surface area contributed by atoms with Crippen LogP contribution in [-0.4, -0.2) is 40.0 Å². The topological polar surface area (TPSA) is 88.2 Å². The van der Waals surface area contributed by atoms with Gasteiger partial charge >= 0.3 is 5.97 Å². The van der Waals surface area contributed by atoms with Gasteiger partial charge in [-0.25, -0.2) is 9.97 Å². The minimum atomic E-state index is -0.494. The van der Waals surface area contributed by atoms with Crippen molar-refractivity contribution in [3.63, 3.8) is 0 Å². The standard InChI is InChI=1S/C13H14N4O3/c1-2-20-12(18)8-17(11-5-3-4-6-15-11)13(19)10-7-14-9-16-10/h3-7,9H,2,8H2,1H3,(H,14,16). The number of anilines is 1. The Balaban J connectivity index is 2.25. The lowest BCUT2D eigenvalue weighted by atomic mass is 10.3. The summed E-state index contributed by atoms with van der Waals surface area (Å²) in [6, 6.07) is 5.11. The molecule has 1 amide bonds. The fourth-order valence-electron chi connectivity index (χ4n) is 1.62. The number of nitrogens with one attached hydrogen (secondary N) is 1. The van der Waals surface area contributed by atoms with Crippen LogP contribution in [0.3, 0.4) is 0 Å². The van der Waals surface area contributed by atoms with Gasteiger partial charge in [0.05, 0.1) is 19.1 Å². The smallest absolute Gasteiger partial charge is 0.326 e. The Hall–Kier alpha value is -2.70. The molecule has 0 aliphatic rings. The van der Waals surface area contributed by atoms with E-state index in [0.29, 0.717) is 5.82 Å². The third-order valence-corrected chi connectivity index (χ3v) is 2.49. The van der Waals surface area contributed by atoms with Gasteiger partial charge in [-0.15, -0.1) is 0 Å². The fraction of sp³-hybridized carbons (Fsp3) is 0.231. The van der Waals surface area contributed by atoms with Crippen LogP contribution in [0.2, 0.25) is 0 Å². The number of H-pyrrole nitrogens is 1. The monoisotopic (exact) mass is 274 g/mol. The Bertz CT molecular complexity index is 569. The first-order valence-electron chi connectivity index (χ1n) is 6.09. The maximum atomic E-state index is 12.4. The maximum absolute atomic E-state index is 12.4. The summed E-state index contributed by atoms with van der Waals surface area (Å²) in [6.45, 7) is 1.76. The van der Waals surface area contributed by atoms with Gasteiger partial charge in [0.25, 0.3) is 5.91 Å². The number of nitrogens with zero attached hydrogens (tertiary/aromatic N) is 3. The van der Waals surface area contributed by atoms with Crippen molar-refractivity contribution in [2.45, 2.75) is 6.92 Å². The van der Waals surface area contributed by atoms with Crippen LogP contribution in [0.1, 0.15) is 17.4 Å². The molecule has 20 heavy (non-hydrogen) atoms. The predicted octanol–water partition coefficient (Wildman–Crippen LogP) is 1.01. The average molecular weight is 274 g/mol. The van der Waals surface area contributed by atoms with Crippen LogP contribution >= 0.6 is 0 Å². The first-order chi connectivity index (χ1) is 9.72. The number of hydrogen-bond donors (Lipinski definition) is 1. The lowest BCUT2D eigenvalue weighted by Gasteiger charge is -2.19. The molecule has 7 nitrogen and oxygen atoms in total. The molecule has 0 radical (unpaired) electrons. The summed E-state index contributed by atoms with van der Waals surface area (Å²) in [5.74, 6) is -0.513. The van der Waals surface area contributed by atoms with Gasteiger partial charge in [0, 0.05) is 6.20 Å². The zero-order valence-electron chi connectivity index (χ0n) is 10.9. The predicted molar refractivity (Wildman–Crippen MR) is 71.1 cm³/mol. The number of rotatable bonds is 5. The Morgan fingerprint density at radius 2 is 2.25 bits per heavy atom. The highest BCUT2D eigenvalue weighted by Gasteiger charge is 2.23. The normalized spacial score (nSPS) is 10.1. The number of aromatic nitrogens is 3. The van der Waals surface area contributed by atoms with Crippen LogP contribution in [0.4, 0.5) is 5.82 Å². The van der Waals surface area contributed by atoms with E-state index in [9.17, 15) is 9.59 Å². The van der Waals surface area contributed by atoms with Crippen LogP contribution in [-0.2, 0) is 9.53 Å². The molecule has 0 aromatic carbocycles. The van der Waals surface area contributed by atoms with Gasteiger partial charge in [-0.3, -0.25) is 14.5 Å². The highest BCUT2D eigenvalue weighted by molar-refractivity contribution is 6.06. The Morgan fingerprint density at radius 3 is 2.85 bits per heavy atom. The molecule has 0 unspecified atom stereocenters. The molecule has 0 aliphatic carbocycles. The summed E-state index contributed by atoms with van der Waals surface area (Å²) in [5.41, 5.74) is 0.278. The van der Waals surface area contributed by atoms with Crippen LogP contribution in [0.15, 0.2) is 36.9 Å². The third-order valence-electron chi connectivity index (χ3n) is 2.49. The number of ether oxygens (including phenoxy) is 1. The molecule has 1 N–H and O–H groups in total. The maximum Gasteiger partial charge on any atom is 0.326 e. The van der Waals surface area contributed by atoms with Gasteiger partial charge in [-0.05, 0) is 19.1 Å². The number of hydrogen-bond acceptors (Lipinski definition) is 5. The molecule has 2 aromatic rings. The van der Waals surface area contributed by atoms with Crippen molar-refractivity contribution in [2.75, 3.05) is 18.1 Å². The zero-order chi connectivity index (χ0) is 14.4. The molecular weight excluding hydrogens is 260 g/mol. The first kappa shape index (κ1) is 13.7. The number of aromatic amines is 1. The lowest BCUT2D eigenvalue weighted by Crippen LogP contribution is -2.37. The zero-order valence-corrected chi connectivity index (χ0v) is 10.9. The molecule has 0 aliphatic heterocycles. The van der Waals surface area contributed by atoms with Crippen molar-refractivity contribution in [3.05, 3.63) is 42.6 Å². The van der Waals surface area contributed by atoms with Gasteiger partial charge in [0.1, 0.15) is 18.1 Å². The van der Waals surface area contributed by atoms with Gasteiger partial charge in [-0.2, -0.15) is 0 Å². The van der Waals surface area contributed by atoms with E-state index in [-0.39, 0.29) is 18.8 Å². The summed E-state index contributed by atoms with van der Waals surface area (Å²) >= 11 is 0. The molecule has 0 fully saturated rings. The Labute approximate surface area is 115 Å². The fourth-order valence-corrected chi connectivity index (χ4v) is 1.62. The number of esters is 1. The van der Waals surface area contributed by atoms with Gasteiger partial charge in [-0.1, -0.05) is 6.07 Å². The second-order valence-electron chi connectivity index (χ2n) is 3.85. The SMILES string of the molecule is CCOC(=O)CN(C(=O)c1cnc[nH]1)c1ccccn1. The van der Waals surface area contributed by atoms with Crippen molar-refractivity contribution in [2.24, 2.45) is 0 Å². The molecule has 104 valence electrons. The highest BCUT2D eigenvalue weighted by Crippen LogP contribution is 2.12. The largest absolute Gasteiger partial charge is 0.465 e. The van der Waals surface area contributed by atoms with Crippen molar-refractivity contribution < 1.29 is 14.3 Å². The first-order valence-corrected chi connectivity index (χ1v) is 6.09. The van der Waals surface area contributed by atoms with Crippen molar-refractivity contribution in [1.29, 1.82) is 0 Å². The molecule has 0 bridgehead atoms. The summed E-state index contributed by atoms with van der Waals surface area (Å²) in [5, 5.41) is 0. The van der Waals surface area contributed by atoms with Crippen LogP contribution < -0.4 is 4.90 Å². The van der Waals surface area contributed by atoms with E-state index in [1.165, 1.54) is 17.4 Å². The molecule has 2 rings (SSSR count). The summed E-state index contributed by atoms with van der Waals surface area (Å²) in [6.07, 6.45) is 4.34. The van der Waals surface area contributed by atoms with E-state index >= 15 is 0 Å². The quantitative estimate of drug-likeness (QED) is 0.822. The molecule has 0 spiro atoms. The Kier molecular flexibility index (Phi) is 4.43. The highest BCUT2D eigenvalue weighted by atomic mass is 16.5. The molecule has 2 aromatic heterocycles. The van der Waals surface area contributed by atoms with Crippen LogP contribution in [0.25, 0.3) is 0 Å². The second kappa shape index (κ2) is 6.46. The lowest BCUT2D eigenvalue weighted by molar-refractivity contribution is -0.141. The molecule has 2 heterocycles. The van der Waals surface area contributed by atoms with Gasteiger partial charge in [0.2, 0.25) is 0 Å². The van der Waals surface area contributed by atoms with Gasteiger partial charge < -0.3 is 9.72 Å². The van der Waals surface area contributed by atoms with Crippen molar-refractivity contribution in [3.8, 4) is 0 Å². The Morgan fingerprint density at radius 1 is 1.40 bits per heavy atom.